The molecule has 192 valence electrons. The lowest BCUT2D eigenvalue weighted by Gasteiger charge is -2.26. The summed E-state index contributed by atoms with van der Waals surface area (Å²) in [5.41, 5.74) is 14.7. The van der Waals surface area contributed by atoms with Crippen molar-refractivity contribution in [2.45, 2.75) is 12.8 Å². The second kappa shape index (κ2) is 10.7. The topological polar surface area (TPSA) is 66.3 Å². The predicted molar refractivity (Wildman–Crippen MR) is 161 cm³/mol. The maximum atomic E-state index is 6.37. The third kappa shape index (κ3) is 5.29. The quantitative estimate of drug-likeness (QED) is 0.204. The van der Waals surface area contributed by atoms with E-state index in [2.05, 4.69) is 88.5 Å². The molecule has 2 heterocycles. The van der Waals surface area contributed by atoms with Gasteiger partial charge in [-0.2, -0.15) is 0 Å². The summed E-state index contributed by atoms with van der Waals surface area (Å²) in [6, 6.07) is 35.3. The Hall–Kier alpha value is -5.16. The Kier molecular flexibility index (Phi) is 6.62. The molecule has 4 N–H and O–H groups in total. The molecule has 1 unspecified atom stereocenters. The van der Waals surface area contributed by atoms with Crippen LogP contribution in [0, 0.1) is 0 Å². The molecule has 5 heteroatoms. The molecule has 0 fully saturated rings. The maximum Gasteiger partial charge on any atom is 0.196 e. The number of allylic oxidation sites excluding steroid dienone is 3. The van der Waals surface area contributed by atoms with Gasteiger partial charge in [0.1, 0.15) is 5.76 Å². The highest BCUT2D eigenvalue weighted by molar-refractivity contribution is 5.80. The van der Waals surface area contributed by atoms with Crippen molar-refractivity contribution in [3.05, 3.63) is 157 Å². The summed E-state index contributed by atoms with van der Waals surface area (Å²) in [4.78, 5) is 5.48. The number of ether oxygens (including phenoxy) is 1. The second-order valence-corrected chi connectivity index (χ2v) is 9.57. The largest absolute Gasteiger partial charge is 0.467 e. The number of nitrogen functional groups attached to an aromatic ring is 1. The average molecular weight is 511 g/mol. The van der Waals surface area contributed by atoms with Gasteiger partial charge in [-0.25, -0.2) is 0 Å². The third-order valence-corrected chi connectivity index (χ3v) is 6.91. The molecule has 6 rings (SSSR count). The summed E-state index contributed by atoms with van der Waals surface area (Å²) in [6.45, 7) is 4.78. The molecule has 0 aliphatic carbocycles. The van der Waals surface area contributed by atoms with Crippen molar-refractivity contribution in [3.8, 4) is 0 Å². The first-order chi connectivity index (χ1) is 19.1. The Balaban J connectivity index is 1.25. The van der Waals surface area contributed by atoms with E-state index in [0.29, 0.717) is 12.3 Å². The van der Waals surface area contributed by atoms with Crippen LogP contribution in [-0.2, 0) is 11.3 Å². The van der Waals surface area contributed by atoms with Crippen molar-refractivity contribution in [3.63, 3.8) is 0 Å². The van der Waals surface area contributed by atoms with Gasteiger partial charge in [0, 0.05) is 35.7 Å². The molecular weight excluding hydrogens is 480 g/mol. The number of benzene rings is 4. The molecule has 0 saturated carbocycles. The molecule has 0 saturated heterocycles. The lowest BCUT2D eigenvalue weighted by molar-refractivity contribution is 0.108. The number of hydrogen-bond acceptors (Lipinski definition) is 4. The van der Waals surface area contributed by atoms with Gasteiger partial charge in [-0.15, -0.1) is 0 Å². The van der Waals surface area contributed by atoms with E-state index < -0.39 is 0 Å². The van der Waals surface area contributed by atoms with E-state index in [1.165, 1.54) is 5.56 Å². The fourth-order valence-corrected chi connectivity index (χ4v) is 4.84. The molecule has 1 aromatic heterocycles. The number of para-hydroxylation sites is 3. The molecular formula is C34H30N4O. The van der Waals surface area contributed by atoms with Gasteiger partial charge in [0.2, 0.25) is 0 Å². The Morgan fingerprint density at radius 1 is 0.846 bits per heavy atom. The van der Waals surface area contributed by atoms with Gasteiger partial charge in [0.25, 0.3) is 0 Å². The van der Waals surface area contributed by atoms with Gasteiger partial charge in [-0.05, 0) is 76.7 Å². The van der Waals surface area contributed by atoms with E-state index in [1.807, 2.05) is 60.9 Å². The first-order valence-corrected chi connectivity index (χ1v) is 13.0. The standard InChI is InChI=1S/C34H30N4O/c1-24-11-14-29(22-37-34(39-24)28-17-18-32-27(21-28)19-20-36-32)26-15-12-25(13-16-26)23-38(30-7-3-2-4-8-30)33-10-6-5-9-31(33)35/h2-22,34,36-37H,1,23,35H2/b14-11-,29-22+. The highest BCUT2D eigenvalue weighted by atomic mass is 16.5. The molecule has 0 amide bonds. The highest BCUT2D eigenvalue weighted by Gasteiger charge is 2.16. The predicted octanol–water partition coefficient (Wildman–Crippen LogP) is 7.82. The van der Waals surface area contributed by atoms with E-state index in [-0.39, 0.29) is 6.23 Å². The van der Waals surface area contributed by atoms with Crippen LogP contribution < -0.4 is 16.0 Å². The fourth-order valence-electron chi connectivity index (χ4n) is 4.84. The first kappa shape index (κ1) is 24.2. The lowest BCUT2D eigenvalue weighted by atomic mass is 10.0. The minimum Gasteiger partial charge on any atom is -0.467 e. The van der Waals surface area contributed by atoms with Crippen molar-refractivity contribution < 1.29 is 4.74 Å². The Labute approximate surface area is 228 Å². The number of aromatic amines is 1. The molecule has 5 aromatic rings. The van der Waals surface area contributed by atoms with Gasteiger partial charge in [-0.3, -0.25) is 0 Å². The maximum absolute atomic E-state index is 6.37. The second-order valence-electron chi connectivity index (χ2n) is 9.57. The number of nitrogens with one attached hydrogen (secondary N) is 2. The van der Waals surface area contributed by atoms with Gasteiger partial charge in [0.05, 0.1) is 11.4 Å². The third-order valence-electron chi connectivity index (χ3n) is 6.91. The number of aromatic nitrogens is 1. The van der Waals surface area contributed by atoms with Crippen molar-refractivity contribution in [1.82, 2.24) is 10.3 Å². The smallest absolute Gasteiger partial charge is 0.196 e. The molecule has 1 atom stereocenters. The van der Waals surface area contributed by atoms with E-state index in [0.717, 1.165) is 44.7 Å². The monoisotopic (exact) mass is 510 g/mol. The van der Waals surface area contributed by atoms with Crippen molar-refractivity contribution in [1.29, 1.82) is 0 Å². The van der Waals surface area contributed by atoms with Gasteiger partial charge < -0.3 is 25.7 Å². The minimum absolute atomic E-state index is 0.341. The number of rotatable bonds is 6. The van der Waals surface area contributed by atoms with Crippen LogP contribution in [0.25, 0.3) is 16.5 Å². The first-order valence-electron chi connectivity index (χ1n) is 13.0. The number of fused-ring (bicyclic) bond motifs is 1. The summed E-state index contributed by atoms with van der Waals surface area (Å²) in [7, 11) is 0. The summed E-state index contributed by atoms with van der Waals surface area (Å²) in [6.07, 6.45) is 7.55. The summed E-state index contributed by atoms with van der Waals surface area (Å²) >= 11 is 0. The van der Waals surface area contributed by atoms with E-state index >= 15 is 0 Å². The van der Waals surface area contributed by atoms with E-state index in [4.69, 9.17) is 10.5 Å². The van der Waals surface area contributed by atoms with Gasteiger partial charge in [-0.1, -0.05) is 67.2 Å². The van der Waals surface area contributed by atoms with Crippen LogP contribution in [0.1, 0.15) is 22.9 Å². The zero-order valence-corrected chi connectivity index (χ0v) is 21.5. The summed E-state index contributed by atoms with van der Waals surface area (Å²) in [5.74, 6) is 0.600. The van der Waals surface area contributed by atoms with Crippen molar-refractivity contribution in [2.24, 2.45) is 0 Å². The summed E-state index contributed by atoms with van der Waals surface area (Å²) < 4.78 is 6.08. The van der Waals surface area contributed by atoms with Crippen LogP contribution in [0.3, 0.4) is 0 Å². The van der Waals surface area contributed by atoms with E-state index in [1.54, 1.807) is 0 Å². The molecule has 5 nitrogen and oxygen atoms in total. The minimum atomic E-state index is -0.341. The average Bonchev–Trinajstić information content (AvgIpc) is 3.43. The Bertz CT molecular complexity index is 1660. The van der Waals surface area contributed by atoms with E-state index in [9.17, 15) is 0 Å². The number of nitrogens with zero attached hydrogens (tertiary/aromatic N) is 1. The van der Waals surface area contributed by atoms with Crippen LogP contribution in [0.15, 0.2) is 140 Å². The lowest BCUT2D eigenvalue weighted by Crippen LogP contribution is -2.19. The zero-order valence-electron chi connectivity index (χ0n) is 21.5. The molecule has 1 aliphatic rings. The fraction of sp³-hybridized carbons (Fsp3) is 0.0588. The Morgan fingerprint density at radius 2 is 1.64 bits per heavy atom. The zero-order chi connectivity index (χ0) is 26.6. The summed E-state index contributed by atoms with van der Waals surface area (Å²) in [5, 5.41) is 4.58. The molecule has 0 radical (unpaired) electrons. The van der Waals surface area contributed by atoms with Gasteiger partial charge >= 0.3 is 0 Å². The molecule has 39 heavy (non-hydrogen) atoms. The van der Waals surface area contributed by atoms with Crippen LogP contribution in [0.4, 0.5) is 17.1 Å². The number of H-pyrrole nitrogens is 1. The molecule has 0 spiro atoms. The van der Waals surface area contributed by atoms with Crippen LogP contribution in [0.5, 0.6) is 0 Å². The highest BCUT2D eigenvalue weighted by Crippen LogP contribution is 2.32. The molecule has 1 aliphatic heterocycles. The van der Waals surface area contributed by atoms with Gasteiger partial charge in [0.15, 0.2) is 6.23 Å². The van der Waals surface area contributed by atoms with Crippen LogP contribution >= 0.6 is 0 Å². The van der Waals surface area contributed by atoms with Crippen LogP contribution in [0.2, 0.25) is 0 Å². The molecule has 4 aromatic carbocycles. The number of nitrogens with two attached hydrogens (primary N) is 1. The number of anilines is 3. The number of hydrogen-bond donors (Lipinski definition) is 3. The van der Waals surface area contributed by atoms with Crippen molar-refractivity contribution in [2.75, 3.05) is 10.6 Å². The Morgan fingerprint density at radius 3 is 2.46 bits per heavy atom. The molecule has 0 bridgehead atoms. The normalized spacial score (nSPS) is 17.3. The SMILES string of the molecule is C=C1/C=C\C(c2ccc(CN(c3ccccc3)c3ccccc3N)cc2)=C/NC(c2ccc3[nH]ccc3c2)O1. The van der Waals surface area contributed by atoms with Crippen LogP contribution in [-0.4, -0.2) is 4.98 Å². The van der Waals surface area contributed by atoms with Crippen molar-refractivity contribution >= 4 is 33.5 Å².